The van der Waals surface area contributed by atoms with Crippen LogP contribution in [0.1, 0.15) is 47.5 Å². The summed E-state index contributed by atoms with van der Waals surface area (Å²) in [6, 6.07) is 19.0. The quantitative estimate of drug-likeness (QED) is 0.236. The van der Waals surface area contributed by atoms with Gasteiger partial charge in [0.2, 0.25) is 0 Å². The topological polar surface area (TPSA) is 134 Å². The van der Waals surface area contributed by atoms with Gasteiger partial charge in [-0.2, -0.15) is 4.98 Å². The van der Waals surface area contributed by atoms with Gasteiger partial charge in [-0.1, -0.05) is 48.5 Å². The molecule has 12 nitrogen and oxygen atoms in total. The molecule has 0 bridgehead atoms. The van der Waals surface area contributed by atoms with Gasteiger partial charge < -0.3 is 33.7 Å². The SMILES string of the molecule is COCCO[C@H]1C(O[P@@]2O[C@](C)(c3ccccc3)[C@@H]3CCCN32)[C@@H](CO)O[C@H]1n1cc(C)c(NC(=O)c2ccccc2)nc1=O. The molecule has 4 heterocycles. The molecule has 1 unspecified atom stereocenters. The Kier molecular flexibility index (Phi) is 9.74. The lowest BCUT2D eigenvalue weighted by Gasteiger charge is -2.29. The number of aliphatic hydroxyl groups is 1. The van der Waals surface area contributed by atoms with Gasteiger partial charge >= 0.3 is 5.69 Å². The minimum Gasteiger partial charge on any atom is -0.394 e. The predicted octanol–water partition coefficient (Wildman–Crippen LogP) is 3.75. The van der Waals surface area contributed by atoms with Gasteiger partial charge in [-0.05, 0) is 44.4 Å². The number of carbonyl (C=O) groups is 1. The summed E-state index contributed by atoms with van der Waals surface area (Å²) < 4.78 is 34.8. The van der Waals surface area contributed by atoms with Crippen molar-refractivity contribution in [2.75, 3.05) is 38.8 Å². The van der Waals surface area contributed by atoms with Crippen molar-refractivity contribution in [1.29, 1.82) is 0 Å². The fourth-order valence-electron chi connectivity index (χ4n) is 6.28. The number of fused-ring (bicyclic) bond motifs is 1. The molecule has 1 amide bonds. The Labute approximate surface area is 263 Å². The van der Waals surface area contributed by atoms with Crippen LogP contribution in [-0.4, -0.2) is 83.1 Å². The maximum Gasteiger partial charge on any atom is 0.351 e. The second kappa shape index (κ2) is 13.7. The van der Waals surface area contributed by atoms with E-state index in [9.17, 15) is 14.7 Å². The van der Waals surface area contributed by atoms with E-state index in [1.54, 1.807) is 44.5 Å². The third kappa shape index (κ3) is 6.34. The Morgan fingerprint density at radius 2 is 1.87 bits per heavy atom. The molecule has 0 saturated carbocycles. The zero-order valence-corrected chi connectivity index (χ0v) is 26.5. The predicted molar refractivity (Wildman–Crippen MR) is 167 cm³/mol. The first-order chi connectivity index (χ1) is 21.8. The molecule has 1 aromatic heterocycles. The molecule has 3 aromatic rings. The molecule has 3 fully saturated rings. The highest BCUT2D eigenvalue weighted by Gasteiger charge is 2.58. The summed E-state index contributed by atoms with van der Waals surface area (Å²) in [5.74, 6) is -0.230. The maximum atomic E-state index is 13.4. The Bertz CT molecular complexity index is 1530. The van der Waals surface area contributed by atoms with Crippen molar-refractivity contribution in [2.45, 2.75) is 62.9 Å². The summed E-state index contributed by atoms with van der Waals surface area (Å²) in [5.41, 5.74) is 0.853. The van der Waals surface area contributed by atoms with Gasteiger partial charge in [0.1, 0.15) is 29.7 Å². The van der Waals surface area contributed by atoms with Crippen LogP contribution in [0.4, 0.5) is 5.82 Å². The Balaban J connectivity index is 1.27. The van der Waals surface area contributed by atoms with Gasteiger partial charge in [0.15, 0.2) is 6.23 Å². The third-order valence-corrected chi connectivity index (χ3v) is 10.5. The molecule has 3 saturated heterocycles. The van der Waals surface area contributed by atoms with E-state index in [1.807, 2.05) is 24.3 Å². The molecule has 0 aliphatic carbocycles. The lowest BCUT2D eigenvalue weighted by Crippen LogP contribution is -2.40. The zero-order chi connectivity index (χ0) is 31.6. The summed E-state index contributed by atoms with van der Waals surface area (Å²) in [4.78, 5) is 30.3. The van der Waals surface area contributed by atoms with Crippen LogP contribution in [0.2, 0.25) is 0 Å². The second-order valence-corrected chi connectivity index (χ2v) is 12.9. The van der Waals surface area contributed by atoms with E-state index < -0.39 is 44.4 Å². The van der Waals surface area contributed by atoms with E-state index in [2.05, 4.69) is 34.0 Å². The van der Waals surface area contributed by atoms with Gasteiger partial charge in [0.25, 0.3) is 14.4 Å². The molecule has 2 aromatic carbocycles. The number of amides is 1. The van der Waals surface area contributed by atoms with Crippen molar-refractivity contribution < 1.29 is 33.2 Å². The molecule has 3 aliphatic heterocycles. The van der Waals surface area contributed by atoms with E-state index in [0.29, 0.717) is 17.7 Å². The van der Waals surface area contributed by atoms with Crippen molar-refractivity contribution in [3.05, 3.63) is 94.0 Å². The highest BCUT2D eigenvalue weighted by atomic mass is 31.2. The molecule has 6 rings (SSSR count). The van der Waals surface area contributed by atoms with Crippen molar-refractivity contribution >= 4 is 20.3 Å². The molecule has 7 atom stereocenters. The van der Waals surface area contributed by atoms with Crippen LogP contribution in [0.5, 0.6) is 0 Å². The summed E-state index contributed by atoms with van der Waals surface area (Å²) in [5, 5.41) is 13.1. The first-order valence-corrected chi connectivity index (χ1v) is 16.3. The number of methoxy groups -OCH3 is 1. The average molecular weight is 639 g/mol. The number of aromatic nitrogens is 2. The molecule has 0 spiro atoms. The first-order valence-electron chi connectivity index (χ1n) is 15.1. The van der Waals surface area contributed by atoms with Crippen LogP contribution in [0, 0.1) is 6.92 Å². The largest absolute Gasteiger partial charge is 0.394 e. The monoisotopic (exact) mass is 638 g/mol. The van der Waals surface area contributed by atoms with E-state index in [-0.39, 0.29) is 31.0 Å². The van der Waals surface area contributed by atoms with Crippen molar-refractivity contribution in [3.8, 4) is 0 Å². The van der Waals surface area contributed by atoms with E-state index >= 15 is 0 Å². The zero-order valence-electron chi connectivity index (χ0n) is 25.6. The van der Waals surface area contributed by atoms with E-state index in [0.717, 1.165) is 24.9 Å². The summed E-state index contributed by atoms with van der Waals surface area (Å²) in [7, 11) is 0.0293. The van der Waals surface area contributed by atoms with Crippen LogP contribution in [0.3, 0.4) is 0 Å². The molecular weight excluding hydrogens is 599 g/mol. The van der Waals surface area contributed by atoms with Gasteiger partial charge in [-0.25, -0.2) is 9.46 Å². The number of anilines is 1. The first kappa shape index (κ1) is 31.9. The van der Waals surface area contributed by atoms with E-state index in [1.165, 1.54) is 4.57 Å². The third-order valence-electron chi connectivity index (χ3n) is 8.64. The van der Waals surface area contributed by atoms with Crippen LogP contribution in [0.15, 0.2) is 71.7 Å². The lowest BCUT2D eigenvalue weighted by molar-refractivity contribution is -0.0812. The number of aliphatic hydroxyl groups excluding tert-OH is 1. The fourth-order valence-corrected chi connectivity index (χ4v) is 8.43. The minimum atomic E-state index is -1.54. The normalized spacial score (nSPS) is 29.6. The highest BCUT2D eigenvalue weighted by molar-refractivity contribution is 7.45. The number of nitrogens with one attached hydrogen (secondary N) is 1. The number of nitrogens with zero attached hydrogens (tertiary/aromatic N) is 3. The minimum absolute atomic E-state index is 0.137. The average Bonchev–Trinajstić information content (AvgIpc) is 3.75. The van der Waals surface area contributed by atoms with Crippen LogP contribution >= 0.6 is 8.53 Å². The molecule has 0 radical (unpaired) electrons. The van der Waals surface area contributed by atoms with Crippen LogP contribution in [-0.2, 0) is 28.9 Å². The summed E-state index contributed by atoms with van der Waals surface area (Å²) >= 11 is 0. The Morgan fingerprint density at radius 1 is 1.13 bits per heavy atom. The van der Waals surface area contributed by atoms with Crippen molar-refractivity contribution in [1.82, 2.24) is 14.2 Å². The Morgan fingerprint density at radius 3 is 2.58 bits per heavy atom. The molecule has 3 aliphatic rings. The number of ether oxygens (including phenoxy) is 3. The fraction of sp³-hybridized carbons (Fsp3) is 0.469. The number of benzene rings is 2. The maximum absolute atomic E-state index is 13.4. The van der Waals surface area contributed by atoms with E-state index in [4.69, 9.17) is 23.3 Å². The summed E-state index contributed by atoms with van der Waals surface area (Å²) in [6.45, 7) is 4.82. The van der Waals surface area contributed by atoms with Gasteiger partial charge in [-0.3, -0.25) is 9.36 Å². The number of carbonyl (C=O) groups excluding carboxylic acids is 1. The van der Waals surface area contributed by atoms with Gasteiger partial charge in [0.05, 0.1) is 25.9 Å². The van der Waals surface area contributed by atoms with Gasteiger partial charge in [-0.15, -0.1) is 0 Å². The van der Waals surface area contributed by atoms with Gasteiger partial charge in [0, 0.05) is 31.0 Å². The van der Waals surface area contributed by atoms with Crippen molar-refractivity contribution in [3.63, 3.8) is 0 Å². The highest BCUT2D eigenvalue weighted by Crippen LogP contribution is 2.64. The number of hydrogen-bond acceptors (Lipinski definition) is 10. The number of aryl methyl sites for hydroxylation is 1. The molecular formula is C32H39N4O8P. The smallest absolute Gasteiger partial charge is 0.351 e. The van der Waals surface area contributed by atoms with Crippen molar-refractivity contribution in [2.24, 2.45) is 0 Å². The number of hydrogen-bond donors (Lipinski definition) is 2. The second-order valence-electron chi connectivity index (χ2n) is 11.6. The molecule has 45 heavy (non-hydrogen) atoms. The van der Waals surface area contributed by atoms with Crippen LogP contribution < -0.4 is 11.0 Å². The summed E-state index contributed by atoms with van der Waals surface area (Å²) in [6.07, 6.45) is 0.250. The molecule has 13 heteroatoms. The molecule has 240 valence electrons. The Hall–Kier alpha value is -3.06. The lowest BCUT2D eigenvalue weighted by atomic mass is 9.87. The van der Waals surface area contributed by atoms with Crippen LogP contribution in [0.25, 0.3) is 0 Å². The standard InChI is InChI=1S/C32H39N4O8P/c1-21-19-35(31(39)34-28(21)33-29(38)22-11-6-4-7-12-22)30-27(41-18-17-40-3)26(24(20-37)42-30)43-45-36-16-10-15-25(36)32(2,44-45)23-13-8-5-9-14-23/h4-9,11-14,19,24-27,30,37H,10,15-18,20H2,1-3H3,(H,33,34,38,39)/t24-,25+,26?,27+,30-,32-,45+/m1/s1. The molecule has 2 N–H and O–H groups in total. The number of rotatable bonds is 11.